The zero-order valence-electron chi connectivity index (χ0n) is 11.2. The van der Waals surface area contributed by atoms with Gasteiger partial charge in [0, 0.05) is 18.6 Å². The first-order chi connectivity index (χ1) is 8.52. The van der Waals surface area contributed by atoms with Crippen molar-refractivity contribution in [1.29, 1.82) is 0 Å². The second-order valence-corrected chi connectivity index (χ2v) is 5.56. The minimum Gasteiger partial charge on any atom is -0.481 e. The van der Waals surface area contributed by atoms with Gasteiger partial charge in [0.05, 0.1) is 31.8 Å². The molecule has 104 valence electrons. The van der Waals surface area contributed by atoms with Crippen LogP contribution in [0.15, 0.2) is 0 Å². The number of carbonyl (C=O) groups is 1. The summed E-state index contributed by atoms with van der Waals surface area (Å²) in [5.74, 6) is -0.720. The molecule has 0 spiro atoms. The molecule has 2 unspecified atom stereocenters. The van der Waals surface area contributed by atoms with Gasteiger partial charge in [-0.25, -0.2) is 0 Å². The SMILES string of the molecule is CC1CC(CC(=O)O)(N2CCOCC2)CC(C)O1. The molecule has 0 aromatic carbocycles. The molecule has 0 radical (unpaired) electrons. The molecule has 0 aromatic rings. The third-order valence-corrected chi connectivity index (χ3v) is 3.96. The lowest BCUT2D eigenvalue weighted by atomic mass is 9.79. The Bertz CT molecular complexity index is 291. The van der Waals surface area contributed by atoms with Gasteiger partial charge in [-0.15, -0.1) is 0 Å². The Morgan fingerprint density at radius 1 is 1.28 bits per heavy atom. The van der Waals surface area contributed by atoms with Crippen LogP contribution in [0.3, 0.4) is 0 Å². The highest BCUT2D eigenvalue weighted by Crippen LogP contribution is 2.37. The topological polar surface area (TPSA) is 59.0 Å². The highest BCUT2D eigenvalue weighted by Gasteiger charge is 2.45. The molecule has 2 saturated heterocycles. The van der Waals surface area contributed by atoms with Crippen molar-refractivity contribution in [3.63, 3.8) is 0 Å². The van der Waals surface area contributed by atoms with E-state index in [-0.39, 0.29) is 24.2 Å². The molecule has 0 aliphatic carbocycles. The Morgan fingerprint density at radius 2 is 1.83 bits per heavy atom. The Morgan fingerprint density at radius 3 is 2.33 bits per heavy atom. The zero-order valence-corrected chi connectivity index (χ0v) is 11.2. The fraction of sp³-hybridized carbons (Fsp3) is 0.923. The summed E-state index contributed by atoms with van der Waals surface area (Å²) in [6.07, 6.45) is 2.03. The van der Waals surface area contributed by atoms with Crippen LogP contribution >= 0.6 is 0 Å². The first-order valence-electron chi connectivity index (χ1n) is 6.72. The van der Waals surface area contributed by atoms with Gasteiger partial charge >= 0.3 is 5.97 Å². The molecule has 18 heavy (non-hydrogen) atoms. The molecule has 2 rings (SSSR count). The summed E-state index contributed by atoms with van der Waals surface area (Å²) >= 11 is 0. The number of ether oxygens (including phenoxy) is 2. The van der Waals surface area contributed by atoms with E-state index < -0.39 is 5.97 Å². The number of rotatable bonds is 3. The maximum absolute atomic E-state index is 11.2. The minimum atomic E-state index is -0.720. The third kappa shape index (κ3) is 3.02. The van der Waals surface area contributed by atoms with Crippen molar-refractivity contribution in [3.05, 3.63) is 0 Å². The van der Waals surface area contributed by atoms with E-state index in [4.69, 9.17) is 9.47 Å². The van der Waals surface area contributed by atoms with Gasteiger partial charge in [-0.3, -0.25) is 9.69 Å². The van der Waals surface area contributed by atoms with E-state index in [1.54, 1.807) is 0 Å². The van der Waals surface area contributed by atoms with Crippen LogP contribution < -0.4 is 0 Å². The first kappa shape index (κ1) is 13.8. The van der Waals surface area contributed by atoms with Crippen molar-refractivity contribution < 1.29 is 19.4 Å². The molecule has 0 bridgehead atoms. The third-order valence-electron chi connectivity index (χ3n) is 3.96. The van der Waals surface area contributed by atoms with Gasteiger partial charge < -0.3 is 14.6 Å². The number of hydrogen-bond donors (Lipinski definition) is 1. The van der Waals surface area contributed by atoms with Crippen molar-refractivity contribution in [2.24, 2.45) is 0 Å². The second kappa shape index (κ2) is 5.55. The van der Waals surface area contributed by atoms with Gasteiger partial charge in [0.15, 0.2) is 0 Å². The van der Waals surface area contributed by atoms with Crippen molar-refractivity contribution in [2.75, 3.05) is 26.3 Å². The number of carboxylic acid groups (broad SMARTS) is 1. The summed E-state index contributed by atoms with van der Waals surface area (Å²) in [6, 6.07) is 0. The highest BCUT2D eigenvalue weighted by molar-refractivity contribution is 5.68. The Balaban J connectivity index is 2.17. The maximum atomic E-state index is 11.2. The average Bonchev–Trinajstić information content (AvgIpc) is 2.27. The molecule has 2 atom stereocenters. The number of nitrogens with zero attached hydrogens (tertiary/aromatic N) is 1. The molecular formula is C13H23NO4. The maximum Gasteiger partial charge on any atom is 0.305 e. The molecule has 0 aromatic heterocycles. The Kier molecular flexibility index (Phi) is 4.25. The van der Waals surface area contributed by atoms with E-state index in [0.29, 0.717) is 13.2 Å². The summed E-state index contributed by atoms with van der Waals surface area (Å²) in [5.41, 5.74) is -0.257. The molecular weight excluding hydrogens is 234 g/mol. The van der Waals surface area contributed by atoms with Gasteiger partial charge in [0.2, 0.25) is 0 Å². The lowest BCUT2D eigenvalue weighted by molar-refractivity contribution is -0.153. The van der Waals surface area contributed by atoms with Gasteiger partial charge in [-0.1, -0.05) is 0 Å². The monoisotopic (exact) mass is 257 g/mol. The molecule has 2 aliphatic heterocycles. The van der Waals surface area contributed by atoms with E-state index in [2.05, 4.69) is 4.90 Å². The Labute approximate surface area is 108 Å². The summed E-state index contributed by atoms with van der Waals surface area (Å²) in [6.45, 7) is 7.12. The van der Waals surface area contributed by atoms with Crippen LogP contribution in [0.25, 0.3) is 0 Å². The summed E-state index contributed by atoms with van der Waals surface area (Å²) in [7, 11) is 0. The van der Waals surface area contributed by atoms with Crippen LogP contribution in [-0.2, 0) is 14.3 Å². The van der Waals surface area contributed by atoms with Crippen LogP contribution in [-0.4, -0.2) is 60.0 Å². The first-order valence-corrected chi connectivity index (χ1v) is 6.72. The van der Waals surface area contributed by atoms with Crippen LogP contribution in [0.1, 0.15) is 33.1 Å². The van der Waals surface area contributed by atoms with Crippen LogP contribution in [0.2, 0.25) is 0 Å². The summed E-state index contributed by atoms with van der Waals surface area (Å²) in [4.78, 5) is 13.5. The molecule has 2 fully saturated rings. The Hall–Kier alpha value is -0.650. The fourth-order valence-electron chi connectivity index (χ4n) is 3.48. The van der Waals surface area contributed by atoms with E-state index in [1.165, 1.54) is 0 Å². The molecule has 5 heteroatoms. The van der Waals surface area contributed by atoms with Gasteiger partial charge in [-0.05, 0) is 26.7 Å². The summed E-state index contributed by atoms with van der Waals surface area (Å²) < 4.78 is 11.1. The van der Waals surface area contributed by atoms with Crippen molar-refractivity contribution in [2.45, 2.75) is 50.9 Å². The minimum absolute atomic E-state index is 0.121. The molecule has 0 amide bonds. The standard InChI is InChI=1S/C13H23NO4/c1-10-7-13(9-12(15)16,8-11(2)18-10)14-3-5-17-6-4-14/h10-11H,3-9H2,1-2H3,(H,15,16). The largest absolute Gasteiger partial charge is 0.481 e. The molecule has 0 saturated carbocycles. The van der Waals surface area contributed by atoms with Crippen LogP contribution in [0.5, 0.6) is 0 Å². The number of aliphatic carboxylic acids is 1. The highest BCUT2D eigenvalue weighted by atomic mass is 16.5. The van der Waals surface area contributed by atoms with E-state index in [9.17, 15) is 9.90 Å². The van der Waals surface area contributed by atoms with Crippen LogP contribution in [0, 0.1) is 0 Å². The molecule has 2 aliphatic rings. The molecule has 2 heterocycles. The number of hydrogen-bond acceptors (Lipinski definition) is 4. The smallest absolute Gasteiger partial charge is 0.305 e. The lowest BCUT2D eigenvalue weighted by Crippen LogP contribution is -2.59. The predicted molar refractivity (Wildman–Crippen MR) is 66.6 cm³/mol. The second-order valence-electron chi connectivity index (χ2n) is 5.56. The summed E-state index contributed by atoms with van der Waals surface area (Å²) in [5, 5.41) is 9.24. The average molecular weight is 257 g/mol. The molecule has 5 nitrogen and oxygen atoms in total. The van der Waals surface area contributed by atoms with Crippen LogP contribution in [0.4, 0.5) is 0 Å². The quantitative estimate of drug-likeness (QED) is 0.821. The molecule has 1 N–H and O–H groups in total. The lowest BCUT2D eigenvalue weighted by Gasteiger charge is -2.50. The predicted octanol–water partition coefficient (Wildman–Crippen LogP) is 1.12. The van der Waals surface area contributed by atoms with Crippen molar-refractivity contribution >= 4 is 5.97 Å². The normalized spacial score (nSPS) is 38.6. The van der Waals surface area contributed by atoms with E-state index in [1.807, 2.05) is 13.8 Å². The fourth-order valence-corrected chi connectivity index (χ4v) is 3.48. The van der Waals surface area contributed by atoms with Gasteiger partial charge in [-0.2, -0.15) is 0 Å². The zero-order chi connectivity index (χ0) is 13.2. The van der Waals surface area contributed by atoms with Crippen molar-refractivity contribution in [1.82, 2.24) is 4.90 Å². The number of carboxylic acids is 1. The van der Waals surface area contributed by atoms with Crippen molar-refractivity contribution in [3.8, 4) is 0 Å². The van der Waals surface area contributed by atoms with E-state index >= 15 is 0 Å². The van der Waals surface area contributed by atoms with Gasteiger partial charge in [0.25, 0.3) is 0 Å². The number of morpholine rings is 1. The van der Waals surface area contributed by atoms with E-state index in [0.717, 1.165) is 25.9 Å². The van der Waals surface area contributed by atoms with Gasteiger partial charge in [0.1, 0.15) is 0 Å².